The van der Waals surface area contributed by atoms with Crippen LogP contribution in [0, 0.1) is 0 Å². The molecule has 0 saturated carbocycles. The second kappa shape index (κ2) is 35.1. The minimum atomic E-state index is -0.108. The Hall–Kier alpha value is -1.74. The summed E-state index contributed by atoms with van der Waals surface area (Å²) < 4.78 is 32.3. The smallest absolute Gasteiger partial charge is 0.305 e. The first-order chi connectivity index (χ1) is 22.1. The largest absolute Gasteiger partial charge is 0.469 e. The SMILES string of the molecule is COCCCOC(CC=CCCCCCCCC(=O)OC)CCCC(CC=CCCCCCCCC(=O)OC)OCCCOC. The Morgan fingerprint density at radius 1 is 0.467 bits per heavy atom. The van der Waals surface area contributed by atoms with Gasteiger partial charge in [0.15, 0.2) is 0 Å². The monoisotopic (exact) mass is 640 g/mol. The molecule has 2 unspecified atom stereocenters. The van der Waals surface area contributed by atoms with Gasteiger partial charge in [0.2, 0.25) is 0 Å². The van der Waals surface area contributed by atoms with Crippen LogP contribution in [0.15, 0.2) is 24.3 Å². The summed E-state index contributed by atoms with van der Waals surface area (Å²) in [5.74, 6) is -0.217. The van der Waals surface area contributed by atoms with Gasteiger partial charge in [-0.3, -0.25) is 9.59 Å². The number of carbonyl (C=O) groups is 2. The molecule has 0 spiro atoms. The fourth-order valence-electron chi connectivity index (χ4n) is 5.08. The van der Waals surface area contributed by atoms with Gasteiger partial charge in [0.1, 0.15) is 0 Å². The predicted molar refractivity (Wildman–Crippen MR) is 183 cm³/mol. The normalized spacial score (nSPS) is 13.1. The summed E-state index contributed by atoms with van der Waals surface area (Å²) in [5, 5.41) is 0. The number of unbranched alkanes of at least 4 members (excludes halogenated alkanes) is 10. The number of hydrogen-bond acceptors (Lipinski definition) is 8. The summed E-state index contributed by atoms with van der Waals surface area (Å²) >= 11 is 0. The van der Waals surface area contributed by atoms with Crippen molar-refractivity contribution in [1.82, 2.24) is 0 Å². The summed E-state index contributed by atoms with van der Waals surface area (Å²) in [7, 11) is 6.36. The maximum absolute atomic E-state index is 11.2. The standard InChI is InChI=1S/C37H68O8/c1-40-30-22-32-44-34(24-17-13-9-5-7-11-15-19-28-36(38)42-3)26-21-27-35(45-33-23-31-41-2)25-18-14-10-6-8-12-16-20-29-37(39)43-4/h13-14,17-18,34-35H,5-12,15-16,19-33H2,1-4H3. The fraction of sp³-hybridized carbons (Fsp3) is 0.838. The number of rotatable bonds is 34. The lowest BCUT2D eigenvalue weighted by Crippen LogP contribution is -2.17. The molecule has 0 fully saturated rings. The highest BCUT2D eigenvalue weighted by atomic mass is 16.5. The number of carbonyl (C=O) groups excluding carboxylic acids is 2. The van der Waals surface area contributed by atoms with E-state index in [9.17, 15) is 9.59 Å². The maximum Gasteiger partial charge on any atom is 0.305 e. The molecule has 0 bridgehead atoms. The van der Waals surface area contributed by atoms with Crippen molar-refractivity contribution >= 4 is 11.9 Å². The van der Waals surface area contributed by atoms with E-state index in [0.717, 1.165) is 110 Å². The van der Waals surface area contributed by atoms with E-state index in [4.69, 9.17) is 28.4 Å². The lowest BCUT2D eigenvalue weighted by Gasteiger charge is -2.20. The molecular weight excluding hydrogens is 572 g/mol. The van der Waals surface area contributed by atoms with Crippen molar-refractivity contribution in [2.45, 2.75) is 147 Å². The molecule has 0 heterocycles. The van der Waals surface area contributed by atoms with E-state index in [2.05, 4.69) is 24.3 Å². The molecule has 0 rings (SSSR count). The van der Waals surface area contributed by atoms with Gasteiger partial charge in [0.25, 0.3) is 0 Å². The van der Waals surface area contributed by atoms with Crippen molar-refractivity contribution in [2.24, 2.45) is 0 Å². The van der Waals surface area contributed by atoms with Gasteiger partial charge in [0.05, 0.1) is 26.4 Å². The van der Waals surface area contributed by atoms with Gasteiger partial charge in [0, 0.05) is 53.5 Å². The van der Waals surface area contributed by atoms with E-state index in [1.54, 1.807) is 14.2 Å². The highest BCUT2D eigenvalue weighted by molar-refractivity contribution is 5.69. The number of allylic oxidation sites excluding steroid dienone is 2. The third kappa shape index (κ3) is 32.0. The second-order valence-electron chi connectivity index (χ2n) is 11.8. The zero-order valence-corrected chi connectivity index (χ0v) is 29.4. The maximum atomic E-state index is 11.2. The first kappa shape index (κ1) is 43.3. The Morgan fingerprint density at radius 2 is 0.867 bits per heavy atom. The molecule has 0 N–H and O–H groups in total. The average Bonchev–Trinajstić information content (AvgIpc) is 3.05. The van der Waals surface area contributed by atoms with Crippen LogP contribution in [0.5, 0.6) is 0 Å². The van der Waals surface area contributed by atoms with Crippen LogP contribution in [0.3, 0.4) is 0 Å². The van der Waals surface area contributed by atoms with E-state index in [0.29, 0.717) is 12.8 Å². The van der Waals surface area contributed by atoms with E-state index in [-0.39, 0.29) is 24.1 Å². The van der Waals surface area contributed by atoms with Crippen LogP contribution in [-0.4, -0.2) is 79.0 Å². The minimum absolute atomic E-state index is 0.108. The number of ether oxygens (including phenoxy) is 6. The Morgan fingerprint density at radius 3 is 1.27 bits per heavy atom. The number of hydrogen-bond donors (Lipinski definition) is 0. The summed E-state index contributed by atoms with van der Waals surface area (Å²) in [6, 6.07) is 0. The highest BCUT2D eigenvalue weighted by Gasteiger charge is 2.12. The Kier molecular flexibility index (Phi) is 33.8. The first-order valence-electron chi connectivity index (χ1n) is 17.7. The average molecular weight is 641 g/mol. The molecular formula is C37H68O8. The highest BCUT2D eigenvalue weighted by Crippen LogP contribution is 2.17. The molecule has 2 atom stereocenters. The molecule has 0 aliphatic carbocycles. The van der Waals surface area contributed by atoms with Crippen molar-refractivity contribution < 1.29 is 38.0 Å². The third-order valence-electron chi connectivity index (χ3n) is 7.83. The van der Waals surface area contributed by atoms with E-state index in [1.165, 1.54) is 52.7 Å². The molecule has 0 amide bonds. The van der Waals surface area contributed by atoms with Crippen LogP contribution in [0.4, 0.5) is 0 Å². The van der Waals surface area contributed by atoms with Crippen LogP contribution >= 0.6 is 0 Å². The van der Waals surface area contributed by atoms with Gasteiger partial charge >= 0.3 is 11.9 Å². The molecule has 0 saturated heterocycles. The van der Waals surface area contributed by atoms with E-state index in [1.807, 2.05) is 0 Å². The van der Waals surface area contributed by atoms with Gasteiger partial charge in [-0.2, -0.15) is 0 Å². The van der Waals surface area contributed by atoms with Crippen molar-refractivity contribution in [1.29, 1.82) is 0 Å². The topological polar surface area (TPSA) is 89.5 Å². The van der Waals surface area contributed by atoms with Crippen LogP contribution < -0.4 is 0 Å². The Balaban J connectivity index is 4.45. The molecule has 0 aromatic rings. The third-order valence-corrected chi connectivity index (χ3v) is 7.83. The molecule has 0 aliphatic rings. The molecule has 45 heavy (non-hydrogen) atoms. The van der Waals surface area contributed by atoms with Gasteiger partial charge in [-0.1, -0.05) is 62.8 Å². The van der Waals surface area contributed by atoms with Gasteiger partial charge in [-0.25, -0.2) is 0 Å². The molecule has 8 heteroatoms. The zero-order valence-electron chi connectivity index (χ0n) is 29.4. The zero-order chi connectivity index (χ0) is 33.1. The van der Waals surface area contributed by atoms with Crippen LogP contribution in [0.25, 0.3) is 0 Å². The van der Waals surface area contributed by atoms with Crippen molar-refractivity contribution in [3.05, 3.63) is 24.3 Å². The Bertz CT molecular complexity index is 651. The Labute approximate surface area is 276 Å². The van der Waals surface area contributed by atoms with E-state index >= 15 is 0 Å². The molecule has 0 aliphatic heterocycles. The predicted octanol–water partition coefficient (Wildman–Crippen LogP) is 8.70. The van der Waals surface area contributed by atoms with Crippen LogP contribution in [0.1, 0.15) is 135 Å². The van der Waals surface area contributed by atoms with Gasteiger partial charge in [-0.05, 0) is 83.5 Å². The van der Waals surface area contributed by atoms with Gasteiger partial charge < -0.3 is 28.4 Å². The number of esters is 2. The van der Waals surface area contributed by atoms with Gasteiger partial charge in [-0.15, -0.1) is 0 Å². The summed E-state index contributed by atoms with van der Waals surface area (Å²) in [6.07, 6.45) is 30.8. The lowest BCUT2D eigenvalue weighted by molar-refractivity contribution is -0.141. The van der Waals surface area contributed by atoms with E-state index < -0.39 is 0 Å². The number of methoxy groups -OCH3 is 4. The minimum Gasteiger partial charge on any atom is -0.469 e. The molecule has 264 valence electrons. The quantitative estimate of drug-likeness (QED) is 0.0392. The van der Waals surface area contributed by atoms with Crippen molar-refractivity contribution in [2.75, 3.05) is 54.9 Å². The van der Waals surface area contributed by atoms with Crippen LogP contribution in [0.2, 0.25) is 0 Å². The first-order valence-corrected chi connectivity index (χ1v) is 17.7. The molecule has 0 aromatic heterocycles. The molecule has 0 aromatic carbocycles. The second-order valence-corrected chi connectivity index (χ2v) is 11.8. The lowest BCUT2D eigenvalue weighted by atomic mass is 10.0. The van der Waals surface area contributed by atoms with Crippen molar-refractivity contribution in [3.63, 3.8) is 0 Å². The fourth-order valence-corrected chi connectivity index (χ4v) is 5.08. The molecule has 0 radical (unpaired) electrons. The van der Waals surface area contributed by atoms with Crippen LogP contribution in [-0.2, 0) is 38.0 Å². The summed E-state index contributed by atoms with van der Waals surface area (Å²) in [4.78, 5) is 22.4. The summed E-state index contributed by atoms with van der Waals surface area (Å²) in [5.41, 5.74) is 0. The van der Waals surface area contributed by atoms with Crippen molar-refractivity contribution in [3.8, 4) is 0 Å². The summed E-state index contributed by atoms with van der Waals surface area (Å²) in [6.45, 7) is 2.90. The molecule has 8 nitrogen and oxygen atoms in total.